The first kappa shape index (κ1) is 16.7. The number of hydrogen-bond acceptors (Lipinski definition) is 6. The van der Waals surface area contributed by atoms with Crippen LogP contribution in [-0.4, -0.2) is 46.3 Å². The van der Waals surface area contributed by atoms with Crippen LogP contribution < -0.4 is 4.90 Å². The quantitative estimate of drug-likeness (QED) is 0.719. The maximum Gasteiger partial charge on any atom is 0.191 e. The van der Waals surface area contributed by atoms with Crippen LogP contribution in [0.4, 0.5) is 10.2 Å². The first-order chi connectivity index (χ1) is 12.7. The maximum absolute atomic E-state index is 13.0. The van der Waals surface area contributed by atoms with Gasteiger partial charge in [0.15, 0.2) is 11.7 Å². The van der Waals surface area contributed by atoms with E-state index in [9.17, 15) is 4.39 Å². The zero-order valence-electron chi connectivity index (χ0n) is 14.6. The molecule has 26 heavy (non-hydrogen) atoms. The molecule has 1 aromatic carbocycles. The highest BCUT2D eigenvalue weighted by Crippen LogP contribution is 2.20. The third-order valence-corrected chi connectivity index (χ3v) is 4.54. The minimum atomic E-state index is -0.253. The van der Waals surface area contributed by atoms with E-state index < -0.39 is 0 Å². The molecule has 7 heteroatoms. The zero-order valence-corrected chi connectivity index (χ0v) is 14.6. The molecule has 134 valence electrons. The first-order valence-corrected chi connectivity index (χ1v) is 8.65. The Labute approximate surface area is 151 Å². The van der Waals surface area contributed by atoms with Crippen molar-refractivity contribution in [2.45, 2.75) is 13.5 Å². The minimum Gasteiger partial charge on any atom is -0.449 e. The summed E-state index contributed by atoms with van der Waals surface area (Å²) in [7, 11) is 0. The number of benzene rings is 1. The number of aryl methyl sites for hydroxylation is 1. The summed E-state index contributed by atoms with van der Waals surface area (Å²) in [5, 5.41) is 8.64. The van der Waals surface area contributed by atoms with Crippen LogP contribution in [0.2, 0.25) is 0 Å². The van der Waals surface area contributed by atoms with E-state index in [2.05, 4.69) is 25.0 Å². The lowest BCUT2D eigenvalue weighted by molar-refractivity contribution is 0.246. The molecule has 0 amide bonds. The smallest absolute Gasteiger partial charge is 0.191 e. The van der Waals surface area contributed by atoms with Crippen LogP contribution in [0.3, 0.4) is 0 Å². The van der Waals surface area contributed by atoms with Crippen molar-refractivity contribution in [1.82, 2.24) is 20.1 Å². The van der Waals surface area contributed by atoms with E-state index in [-0.39, 0.29) is 5.82 Å². The van der Waals surface area contributed by atoms with Gasteiger partial charge >= 0.3 is 0 Å². The summed E-state index contributed by atoms with van der Waals surface area (Å²) in [5.41, 5.74) is 2.58. The summed E-state index contributed by atoms with van der Waals surface area (Å²) in [4.78, 5) is 8.94. The lowest BCUT2D eigenvalue weighted by Crippen LogP contribution is -2.46. The highest BCUT2D eigenvalue weighted by molar-refractivity contribution is 5.59. The molecular weight excluding hydrogens is 333 g/mol. The van der Waals surface area contributed by atoms with E-state index in [1.54, 1.807) is 18.4 Å². The molecule has 0 N–H and O–H groups in total. The predicted octanol–water partition coefficient (Wildman–Crippen LogP) is 2.90. The Bertz CT molecular complexity index is 854. The Balaban J connectivity index is 1.36. The predicted molar refractivity (Wildman–Crippen MR) is 96.2 cm³/mol. The van der Waals surface area contributed by atoms with E-state index in [1.165, 1.54) is 12.1 Å². The molecule has 1 saturated heterocycles. The molecule has 1 fully saturated rings. The molecule has 0 radical (unpaired) electrons. The molecule has 3 heterocycles. The van der Waals surface area contributed by atoms with Gasteiger partial charge in [-0.05, 0) is 36.4 Å². The van der Waals surface area contributed by atoms with E-state index >= 15 is 0 Å². The van der Waals surface area contributed by atoms with Crippen molar-refractivity contribution >= 4 is 5.82 Å². The number of aromatic nitrogens is 3. The fraction of sp³-hybridized carbons (Fsp3) is 0.316. The van der Waals surface area contributed by atoms with Crippen LogP contribution in [0.15, 0.2) is 47.1 Å². The highest BCUT2D eigenvalue weighted by Gasteiger charge is 2.19. The Morgan fingerprint density at radius 1 is 1.00 bits per heavy atom. The van der Waals surface area contributed by atoms with Crippen molar-refractivity contribution in [3.63, 3.8) is 0 Å². The molecule has 6 nitrogen and oxygen atoms in total. The number of anilines is 1. The summed E-state index contributed by atoms with van der Waals surface area (Å²) in [6, 6.07) is 10.2. The Kier molecular flexibility index (Phi) is 4.62. The van der Waals surface area contributed by atoms with Gasteiger partial charge in [0.1, 0.15) is 12.1 Å². The second kappa shape index (κ2) is 7.21. The number of rotatable bonds is 4. The van der Waals surface area contributed by atoms with Gasteiger partial charge in [-0.2, -0.15) is 0 Å². The Morgan fingerprint density at radius 3 is 2.38 bits per heavy atom. The van der Waals surface area contributed by atoms with Crippen molar-refractivity contribution in [1.29, 1.82) is 0 Å². The highest BCUT2D eigenvalue weighted by atomic mass is 19.1. The van der Waals surface area contributed by atoms with Crippen molar-refractivity contribution < 1.29 is 8.81 Å². The molecule has 0 atom stereocenters. The molecule has 0 saturated carbocycles. The zero-order chi connectivity index (χ0) is 17.9. The Hall–Kier alpha value is -2.80. The second-order valence-corrected chi connectivity index (χ2v) is 6.40. The summed E-state index contributed by atoms with van der Waals surface area (Å²) < 4.78 is 18.3. The third-order valence-electron chi connectivity index (χ3n) is 4.54. The van der Waals surface area contributed by atoms with Crippen molar-refractivity contribution in [3.05, 3.63) is 60.1 Å². The molecule has 0 spiro atoms. The van der Waals surface area contributed by atoms with Crippen LogP contribution in [0.1, 0.15) is 11.6 Å². The molecule has 0 bridgehead atoms. The largest absolute Gasteiger partial charge is 0.449 e. The lowest BCUT2D eigenvalue weighted by atomic mass is 10.1. The second-order valence-electron chi connectivity index (χ2n) is 6.40. The topological polar surface area (TPSA) is 58.3 Å². The van der Waals surface area contributed by atoms with Gasteiger partial charge in [-0.25, -0.2) is 9.37 Å². The van der Waals surface area contributed by atoms with Gasteiger partial charge in [0, 0.05) is 45.2 Å². The van der Waals surface area contributed by atoms with Crippen molar-refractivity contribution in [3.8, 4) is 11.3 Å². The fourth-order valence-electron chi connectivity index (χ4n) is 3.11. The number of halogens is 1. The standard InChI is InChI=1S/C19H20FN5O/c1-14-21-17(13-26-14)12-24-8-10-25(11-9-24)19-7-6-18(22-23-19)15-2-4-16(20)5-3-15/h2-7,13H,8-12H2,1H3. The minimum absolute atomic E-state index is 0.253. The SMILES string of the molecule is Cc1nc(CN2CCN(c3ccc(-c4ccc(F)cc4)nn3)CC2)co1. The van der Waals surface area contributed by atoms with Gasteiger partial charge in [-0.15, -0.1) is 10.2 Å². The molecule has 0 aliphatic carbocycles. The molecular formula is C19H20FN5O. The molecule has 2 aromatic heterocycles. The van der Waals surface area contributed by atoms with E-state index in [0.29, 0.717) is 5.89 Å². The normalized spacial score (nSPS) is 15.4. The van der Waals surface area contributed by atoms with E-state index in [4.69, 9.17) is 4.42 Å². The van der Waals surface area contributed by atoms with Crippen LogP contribution in [0, 0.1) is 12.7 Å². The summed E-state index contributed by atoms with van der Waals surface area (Å²) in [6.07, 6.45) is 1.72. The maximum atomic E-state index is 13.0. The van der Waals surface area contributed by atoms with Crippen molar-refractivity contribution in [2.24, 2.45) is 0 Å². The van der Waals surface area contributed by atoms with Gasteiger partial charge in [0.2, 0.25) is 0 Å². The monoisotopic (exact) mass is 353 g/mol. The molecule has 1 aliphatic heterocycles. The van der Waals surface area contributed by atoms with Crippen LogP contribution in [-0.2, 0) is 6.54 Å². The van der Waals surface area contributed by atoms with Gasteiger partial charge in [0.05, 0.1) is 11.4 Å². The van der Waals surface area contributed by atoms with Gasteiger partial charge in [-0.3, -0.25) is 4.90 Å². The Morgan fingerprint density at radius 2 is 1.77 bits per heavy atom. The van der Waals surface area contributed by atoms with E-state index in [0.717, 1.165) is 55.5 Å². The molecule has 4 rings (SSSR count). The third kappa shape index (κ3) is 3.72. The molecule has 0 unspecified atom stereocenters. The van der Waals surface area contributed by atoms with Crippen LogP contribution in [0.25, 0.3) is 11.3 Å². The summed E-state index contributed by atoms with van der Waals surface area (Å²) in [5.74, 6) is 1.32. The number of nitrogens with zero attached hydrogens (tertiary/aromatic N) is 5. The fourth-order valence-corrected chi connectivity index (χ4v) is 3.11. The van der Waals surface area contributed by atoms with Crippen LogP contribution >= 0.6 is 0 Å². The summed E-state index contributed by atoms with van der Waals surface area (Å²) >= 11 is 0. The van der Waals surface area contributed by atoms with Crippen LogP contribution in [0.5, 0.6) is 0 Å². The summed E-state index contributed by atoms with van der Waals surface area (Å²) in [6.45, 7) is 6.32. The van der Waals surface area contributed by atoms with E-state index in [1.807, 2.05) is 19.1 Å². The first-order valence-electron chi connectivity index (χ1n) is 8.65. The lowest BCUT2D eigenvalue weighted by Gasteiger charge is -2.34. The average Bonchev–Trinajstić information content (AvgIpc) is 3.08. The van der Waals surface area contributed by atoms with Crippen molar-refractivity contribution in [2.75, 3.05) is 31.1 Å². The number of hydrogen-bond donors (Lipinski definition) is 0. The average molecular weight is 353 g/mol. The van der Waals surface area contributed by atoms with Gasteiger partial charge < -0.3 is 9.32 Å². The number of piperazine rings is 1. The van der Waals surface area contributed by atoms with Gasteiger partial charge in [0.25, 0.3) is 0 Å². The number of oxazole rings is 1. The van der Waals surface area contributed by atoms with Gasteiger partial charge in [-0.1, -0.05) is 0 Å². The molecule has 3 aromatic rings. The molecule has 1 aliphatic rings.